The Kier molecular flexibility index (Phi) is 4.14. The Morgan fingerprint density at radius 3 is 2.40 bits per heavy atom. The first kappa shape index (κ1) is 15.0. The van der Waals surface area contributed by atoms with Crippen LogP contribution in [-0.2, 0) is 11.8 Å². The van der Waals surface area contributed by atoms with Crippen LogP contribution in [0.5, 0.6) is 0 Å². The van der Waals surface area contributed by atoms with Gasteiger partial charge in [0.15, 0.2) is 4.77 Å². The number of hydrogen-bond donors (Lipinski definition) is 1. The molecule has 2 aromatic rings. The van der Waals surface area contributed by atoms with Crippen molar-refractivity contribution in [3.05, 3.63) is 52.3 Å². The van der Waals surface area contributed by atoms with E-state index >= 15 is 0 Å². The highest BCUT2D eigenvalue weighted by Crippen LogP contribution is 2.26. The summed E-state index contributed by atoms with van der Waals surface area (Å²) in [6.45, 7) is 8.66. The van der Waals surface area contributed by atoms with E-state index in [4.69, 9.17) is 12.2 Å². The van der Waals surface area contributed by atoms with E-state index in [2.05, 4.69) is 37.2 Å². The fourth-order valence-corrected chi connectivity index (χ4v) is 2.78. The Hall–Kier alpha value is -1.42. The molecule has 0 aliphatic heterocycles. The number of hydrogen-bond acceptors (Lipinski definition) is 1. The summed E-state index contributed by atoms with van der Waals surface area (Å²) in [4.78, 5) is 3.14. The number of benzene rings is 1. The molecule has 1 aromatic heterocycles. The molecule has 0 aliphatic rings. The van der Waals surface area contributed by atoms with Gasteiger partial charge in [-0.1, -0.05) is 32.9 Å². The molecule has 0 radical (unpaired) electrons. The van der Waals surface area contributed by atoms with Gasteiger partial charge in [0.2, 0.25) is 0 Å². The van der Waals surface area contributed by atoms with Gasteiger partial charge in [0.05, 0.1) is 0 Å². The van der Waals surface area contributed by atoms with Gasteiger partial charge in [0.25, 0.3) is 0 Å². The Morgan fingerprint density at radius 1 is 1.25 bits per heavy atom. The SMILES string of the molecule is CC(Cc1ccc(F)cc1)n1c(C(C)(C)C)c[nH]c1=S. The van der Waals surface area contributed by atoms with Gasteiger partial charge in [-0.3, -0.25) is 0 Å². The molecule has 2 rings (SSSR count). The van der Waals surface area contributed by atoms with Crippen molar-refractivity contribution in [3.8, 4) is 0 Å². The van der Waals surface area contributed by atoms with Crippen LogP contribution in [0.3, 0.4) is 0 Å². The van der Waals surface area contributed by atoms with Crippen molar-refractivity contribution in [1.29, 1.82) is 0 Å². The topological polar surface area (TPSA) is 20.7 Å². The van der Waals surface area contributed by atoms with Gasteiger partial charge in [0, 0.05) is 23.3 Å². The number of nitrogens with zero attached hydrogens (tertiary/aromatic N) is 1. The van der Waals surface area contributed by atoms with E-state index in [1.807, 2.05) is 18.3 Å². The Labute approximate surface area is 124 Å². The van der Waals surface area contributed by atoms with Crippen molar-refractivity contribution in [2.75, 3.05) is 0 Å². The van der Waals surface area contributed by atoms with Crippen LogP contribution in [-0.4, -0.2) is 9.55 Å². The lowest BCUT2D eigenvalue weighted by molar-refractivity contribution is 0.458. The largest absolute Gasteiger partial charge is 0.337 e. The zero-order valence-corrected chi connectivity index (χ0v) is 13.2. The van der Waals surface area contributed by atoms with Gasteiger partial charge in [-0.2, -0.15) is 0 Å². The average molecular weight is 292 g/mol. The molecule has 4 heteroatoms. The van der Waals surface area contributed by atoms with E-state index in [1.165, 1.54) is 17.8 Å². The highest BCUT2D eigenvalue weighted by Gasteiger charge is 2.22. The van der Waals surface area contributed by atoms with Gasteiger partial charge in [-0.25, -0.2) is 4.39 Å². The van der Waals surface area contributed by atoms with Crippen LogP contribution < -0.4 is 0 Å². The summed E-state index contributed by atoms with van der Waals surface area (Å²) in [5, 5.41) is 0. The molecule has 0 fully saturated rings. The van der Waals surface area contributed by atoms with Crippen LogP contribution >= 0.6 is 12.2 Å². The molecule has 108 valence electrons. The standard InChI is InChI=1S/C16H21FN2S/c1-11(9-12-5-7-13(17)8-6-12)19-14(16(2,3)4)10-18-15(19)20/h5-8,10-11H,9H2,1-4H3,(H,18,20). The second-order valence-electron chi connectivity index (χ2n) is 6.28. The van der Waals surface area contributed by atoms with Crippen molar-refractivity contribution in [3.63, 3.8) is 0 Å². The fourth-order valence-electron chi connectivity index (χ4n) is 2.45. The van der Waals surface area contributed by atoms with E-state index in [0.717, 1.165) is 16.8 Å². The molecule has 1 N–H and O–H groups in total. The number of rotatable bonds is 3. The highest BCUT2D eigenvalue weighted by atomic mass is 32.1. The third-order valence-corrected chi connectivity index (χ3v) is 3.78. The van der Waals surface area contributed by atoms with Crippen LogP contribution in [0.4, 0.5) is 4.39 Å². The molecule has 1 atom stereocenters. The molecular weight excluding hydrogens is 271 g/mol. The summed E-state index contributed by atoms with van der Waals surface area (Å²) in [6.07, 6.45) is 2.82. The lowest BCUT2D eigenvalue weighted by Crippen LogP contribution is -2.21. The Morgan fingerprint density at radius 2 is 1.85 bits per heavy atom. The van der Waals surface area contributed by atoms with E-state index in [1.54, 1.807) is 0 Å². The predicted octanol–water partition coefficient (Wildman–Crippen LogP) is 4.79. The highest BCUT2D eigenvalue weighted by molar-refractivity contribution is 7.71. The minimum absolute atomic E-state index is 0.0324. The van der Waals surface area contributed by atoms with E-state index < -0.39 is 0 Å². The molecule has 20 heavy (non-hydrogen) atoms. The normalized spacial score (nSPS) is 13.4. The van der Waals surface area contributed by atoms with E-state index in [0.29, 0.717) is 0 Å². The summed E-state index contributed by atoms with van der Waals surface area (Å²) >= 11 is 5.40. The molecule has 1 unspecified atom stereocenters. The van der Waals surface area contributed by atoms with Crippen LogP contribution in [0, 0.1) is 10.6 Å². The molecule has 0 bridgehead atoms. The van der Waals surface area contributed by atoms with Crippen molar-refractivity contribution < 1.29 is 4.39 Å². The zero-order chi connectivity index (χ0) is 14.9. The van der Waals surface area contributed by atoms with Crippen LogP contribution in [0.25, 0.3) is 0 Å². The minimum atomic E-state index is -0.199. The lowest BCUT2D eigenvalue weighted by atomic mass is 9.92. The predicted molar refractivity (Wildman–Crippen MR) is 83.1 cm³/mol. The molecule has 1 heterocycles. The summed E-state index contributed by atoms with van der Waals surface area (Å²) in [5.74, 6) is -0.199. The lowest BCUT2D eigenvalue weighted by Gasteiger charge is -2.24. The Bertz CT molecular complexity index is 632. The van der Waals surface area contributed by atoms with Gasteiger partial charge in [0.1, 0.15) is 5.82 Å². The number of aromatic amines is 1. The molecule has 0 aliphatic carbocycles. The number of nitrogens with one attached hydrogen (secondary N) is 1. The first-order chi connectivity index (χ1) is 9.29. The summed E-state index contributed by atoms with van der Waals surface area (Å²) in [5.41, 5.74) is 2.34. The summed E-state index contributed by atoms with van der Waals surface area (Å²) in [6, 6.07) is 6.90. The van der Waals surface area contributed by atoms with Crippen LogP contribution in [0.1, 0.15) is 45.0 Å². The minimum Gasteiger partial charge on any atom is -0.337 e. The maximum Gasteiger partial charge on any atom is 0.177 e. The number of imidazole rings is 1. The van der Waals surface area contributed by atoms with E-state index in [-0.39, 0.29) is 17.3 Å². The molecule has 2 nitrogen and oxygen atoms in total. The summed E-state index contributed by atoms with van der Waals surface area (Å²) < 4.78 is 15.9. The van der Waals surface area contributed by atoms with Crippen LogP contribution in [0.15, 0.2) is 30.5 Å². The molecule has 1 aromatic carbocycles. The molecule has 0 spiro atoms. The third kappa shape index (κ3) is 3.18. The number of H-pyrrole nitrogens is 1. The second kappa shape index (κ2) is 5.52. The fraction of sp³-hybridized carbons (Fsp3) is 0.438. The first-order valence-electron chi connectivity index (χ1n) is 6.84. The smallest absolute Gasteiger partial charge is 0.177 e. The molecule has 0 amide bonds. The van der Waals surface area contributed by atoms with Crippen molar-refractivity contribution in [2.45, 2.75) is 45.6 Å². The van der Waals surface area contributed by atoms with Gasteiger partial charge in [-0.05, 0) is 43.3 Å². The zero-order valence-electron chi connectivity index (χ0n) is 12.4. The third-order valence-electron chi connectivity index (χ3n) is 3.46. The maximum atomic E-state index is 13.0. The van der Waals surface area contributed by atoms with Gasteiger partial charge < -0.3 is 9.55 Å². The monoisotopic (exact) mass is 292 g/mol. The molecule has 0 saturated heterocycles. The Balaban J connectivity index is 2.30. The second-order valence-corrected chi connectivity index (χ2v) is 6.67. The van der Waals surface area contributed by atoms with Crippen molar-refractivity contribution in [1.82, 2.24) is 9.55 Å². The molecule has 0 saturated carbocycles. The van der Waals surface area contributed by atoms with E-state index in [9.17, 15) is 4.39 Å². The first-order valence-corrected chi connectivity index (χ1v) is 7.24. The number of aromatic nitrogens is 2. The quantitative estimate of drug-likeness (QED) is 0.807. The maximum absolute atomic E-state index is 13.0. The van der Waals surface area contributed by atoms with Crippen LogP contribution in [0.2, 0.25) is 0 Å². The van der Waals surface area contributed by atoms with Gasteiger partial charge >= 0.3 is 0 Å². The van der Waals surface area contributed by atoms with Crippen molar-refractivity contribution >= 4 is 12.2 Å². The summed E-state index contributed by atoms with van der Waals surface area (Å²) in [7, 11) is 0. The number of halogens is 1. The van der Waals surface area contributed by atoms with Crippen molar-refractivity contribution in [2.24, 2.45) is 0 Å². The van der Waals surface area contributed by atoms with Gasteiger partial charge in [-0.15, -0.1) is 0 Å². The average Bonchev–Trinajstić information content (AvgIpc) is 2.74. The molecular formula is C16H21FN2S.